The van der Waals surface area contributed by atoms with E-state index in [-0.39, 0.29) is 23.8 Å². The molecule has 20 heavy (non-hydrogen) atoms. The minimum atomic E-state index is -0.682. The predicted molar refractivity (Wildman–Crippen MR) is 69.6 cm³/mol. The molecule has 6 nitrogen and oxygen atoms in total. The summed E-state index contributed by atoms with van der Waals surface area (Å²) in [6.07, 6.45) is 0.0240. The fraction of sp³-hybridized carbons (Fsp3) is 0.0769. The number of pyridine rings is 1. The maximum absolute atomic E-state index is 12.8. The summed E-state index contributed by atoms with van der Waals surface area (Å²) in [7, 11) is 0. The third-order valence-electron chi connectivity index (χ3n) is 2.49. The fourth-order valence-corrected chi connectivity index (χ4v) is 1.59. The Morgan fingerprint density at radius 1 is 1.25 bits per heavy atom. The van der Waals surface area contributed by atoms with E-state index in [1.807, 2.05) is 0 Å². The Bertz CT molecular complexity index is 644. The van der Waals surface area contributed by atoms with Gasteiger partial charge in [-0.15, -0.1) is 0 Å². The van der Waals surface area contributed by atoms with Gasteiger partial charge in [0.15, 0.2) is 0 Å². The van der Waals surface area contributed by atoms with Gasteiger partial charge in [-0.1, -0.05) is 18.2 Å². The van der Waals surface area contributed by atoms with Crippen LogP contribution in [0, 0.1) is 16.1 Å². The largest absolute Gasteiger partial charge is 0.310 e. The molecule has 0 fully saturated rings. The Labute approximate surface area is 113 Å². The first-order valence-corrected chi connectivity index (χ1v) is 5.70. The van der Waals surface area contributed by atoms with E-state index in [9.17, 15) is 19.3 Å². The van der Waals surface area contributed by atoms with E-state index in [0.717, 1.165) is 0 Å². The molecule has 0 aliphatic carbocycles. The molecular formula is C13H10FN3O3. The molecule has 1 amide bonds. The second-order valence-electron chi connectivity index (χ2n) is 3.99. The number of carbonyl (C=O) groups excluding carboxylic acids is 1. The maximum atomic E-state index is 12.8. The van der Waals surface area contributed by atoms with E-state index in [4.69, 9.17) is 0 Å². The molecule has 1 N–H and O–H groups in total. The molecule has 0 atom stereocenters. The number of non-ortho nitro benzene ring substituents is 1. The van der Waals surface area contributed by atoms with Crippen LogP contribution in [0.5, 0.6) is 0 Å². The molecule has 0 unspecified atom stereocenters. The molecule has 0 radical (unpaired) electrons. The van der Waals surface area contributed by atoms with Crippen LogP contribution < -0.4 is 5.32 Å². The maximum Gasteiger partial charge on any atom is 0.269 e. The summed E-state index contributed by atoms with van der Waals surface area (Å²) in [4.78, 5) is 25.2. The summed E-state index contributed by atoms with van der Waals surface area (Å²) >= 11 is 0. The Morgan fingerprint density at radius 3 is 2.55 bits per heavy atom. The molecule has 0 aliphatic rings. The minimum absolute atomic E-state index is 0.0240. The Balaban J connectivity index is 1.99. The van der Waals surface area contributed by atoms with E-state index in [2.05, 4.69) is 10.3 Å². The molecule has 0 saturated carbocycles. The van der Waals surface area contributed by atoms with Gasteiger partial charge in [-0.2, -0.15) is 4.39 Å². The number of nitrogens with zero attached hydrogens (tertiary/aromatic N) is 2. The van der Waals surface area contributed by atoms with E-state index in [1.165, 1.54) is 42.5 Å². The van der Waals surface area contributed by atoms with Crippen molar-refractivity contribution < 1.29 is 14.1 Å². The highest BCUT2D eigenvalue weighted by Gasteiger charge is 2.08. The first-order chi connectivity index (χ1) is 9.54. The third-order valence-corrected chi connectivity index (χ3v) is 2.49. The summed E-state index contributed by atoms with van der Waals surface area (Å²) in [5.74, 6) is -0.938. The number of rotatable bonds is 4. The molecule has 0 spiro atoms. The molecule has 2 aromatic rings. The number of benzene rings is 1. The van der Waals surface area contributed by atoms with E-state index >= 15 is 0 Å². The normalized spacial score (nSPS) is 10.1. The molecule has 1 aromatic heterocycles. The SMILES string of the molecule is O=C(Cc1ccc([N+](=O)[O-])cc1)Nc1cccc(F)n1. The van der Waals surface area contributed by atoms with Gasteiger partial charge in [0.2, 0.25) is 11.9 Å². The van der Waals surface area contributed by atoms with Crippen molar-refractivity contribution in [1.82, 2.24) is 4.98 Å². The van der Waals surface area contributed by atoms with Gasteiger partial charge < -0.3 is 5.32 Å². The van der Waals surface area contributed by atoms with Gasteiger partial charge in [-0.05, 0) is 17.7 Å². The summed E-state index contributed by atoms with van der Waals surface area (Å²) in [5.41, 5.74) is 0.574. The predicted octanol–water partition coefficient (Wildman–Crippen LogP) is 2.31. The quantitative estimate of drug-likeness (QED) is 0.527. The van der Waals surface area contributed by atoms with Crippen LogP contribution in [0.25, 0.3) is 0 Å². The van der Waals surface area contributed by atoms with Gasteiger partial charge in [0, 0.05) is 12.1 Å². The third kappa shape index (κ3) is 3.58. The van der Waals surface area contributed by atoms with Crippen molar-refractivity contribution in [2.45, 2.75) is 6.42 Å². The lowest BCUT2D eigenvalue weighted by Gasteiger charge is -2.04. The van der Waals surface area contributed by atoms with Gasteiger partial charge in [0.1, 0.15) is 5.82 Å². The number of carbonyl (C=O) groups is 1. The Kier molecular flexibility index (Phi) is 3.99. The van der Waals surface area contributed by atoms with Crippen LogP contribution in [-0.2, 0) is 11.2 Å². The molecule has 0 bridgehead atoms. The molecule has 1 aromatic carbocycles. The highest BCUT2D eigenvalue weighted by molar-refractivity contribution is 5.91. The number of nitro benzene ring substituents is 1. The minimum Gasteiger partial charge on any atom is -0.310 e. The van der Waals surface area contributed by atoms with Crippen LogP contribution in [0.3, 0.4) is 0 Å². The Hall–Kier alpha value is -2.83. The van der Waals surface area contributed by atoms with Crippen molar-refractivity contribution in [2.24, 2.45) is 0 Å². The van der Waals surface area contributed by atoms with Crippen LogP contribution in [0.15, 0.2) is 42.5 Å². The second kappa shape index (κ2) is 5.87. The number of amides is 1. The van der Waals surface area contributed by atoms with Crippen molar-refractivity contribution >= 4 is 17.4 Å². The van der Waals surface area contributed by atoms with Crippen molar-refractivity contribution in [3.05, 3.63) is 64.1 Å². The topological polar surface area (TPSA) is 85.1 Å². The number of nitrogens with one attached hydrogen (secondary N) is 1. The van der Waals surface area contributed by atoms with Crippen LogP contribution in [0.1, 0.15) is 5.56 Å². The standard InChI is InChI=1S/C13H10FN3O3/c14-11-2-1-3-12(15-11)16-13(18)8-9-4-6-10(7-5-9)17(19)20/h1-7H,8H2,(H,15,16,18). The zero-order valence-electron chi connectivity index (χ0n) is 10.2. The number of halogens is 1. The summed E-state index contributed by atoms with van der Waals surface area (Å²) in [6, 6.07) is 9.71. The molecule has 0 saturated heterocycles. The van der Waals surface area contributed by atoms with E-state index in [1.54, 1.807) is 0 Å². The van der Waals surface area contributed by atoms with Gasteiger partial charge >= 0.3 is 0 Å². The van der Waals surface area contributed by atoms with Crippen molar-refractivity contribution in [2.75, 3.05) is 5.32 Å². The number of nitro groups is 1. The average Bonchev–Trinajstić information content (AvgIpc) is 2.39. The highest BCUT2D eigenvalue weighted by Crippen LogP contribution is 2.13. The number of hydrogen-bond donors (Lipinski definition) is 1. The van der Waals surface area contributed by atoms with Gasteiger partial charge in [0.05, 0.1) is 11.3 Å². The van der Waals surface area contributed by atoms with Gasteiger partial charge in [0.25, 0.3) is 5.69 Å². The van der Waals surface area contributed by atoms with E-state index in [0.29, 0.717) is 5.56 Å². The van der Waals surface area contributed by atoms with Gasteiger partial charge in [-0.25, -0.2) is 4.98 Å². The lowest BCUT2D eigenvalue weighted by atomic mass is 10.1. The number of aromatic nitrogens is 1. The number of hydrogen-bond acceptors (Lipinski definition) is 4. The van der Waals surface area contributed by atoms with Gasteiger partial charge in [-0.3, -0.25) is 14.9 Å². The van der Waals surface area contributed by atoms with Crippen LogP contribution >= 0.6 is 0 Å². The summed E-state index contributed by atoms with van der Waals surface area (Å²) < 4.78 is 12.8. The van der Waals surface area contributed by atoms with Crippen molar-refractivity contribution in [3.8, 4) is 0 Å². The van der Waals surface area contributed by atoms with Crippen molar-refractivity contribution in [1.29, 1.82) is 0 Å². The number of anilines is 1. The fourth-order valence-electron chi connectivity index (χ4n) is 1.59. The Morgan fingerprint density at radius 2 is 1.95 bits per heavy atom. The van der Waals surface area contributed by atoms with Crippen LogP contribution in [-0.4, -0.2) is 15.8 Å². The first-order valence-electron chi connectivity index (χ1n) is 5.70. The molecular weight excluding hydrogens is 265 g/mol. The lowest BCUT2D eigenvalue weighted by Crippen LogP contribution is -2.15. The summed E-state index contributed by atoms with van der Waals surface area (Å²) in [6.45, 7) is 0. The molecule has 2 rings (SSSR count). The smallest absolute Gasteiger partial charge is 0.269 e. The van der Waals surface area contributed by atoms with Crippen molar-refractivity contribution in [3.63, 3.8) is 0 Å². The zero-order valence-corrected chi connectivity index (χ0v) is 10.2. The molecule has 0 aliphatic heterocycles. The van der Waals surface area contributed by atoms with E-state index < -0.39 is 10.9 Å². The first kappa shape index (κ1) is 13.6. The van der Waals surface area contributed by atoms with Crippen LogP contribution in [0.4, 0.5) is 15.9 Å². The monoisotopic (exact) mass is 275 g/mol. The lowest BCUT2D eigenvalue weighted by molar-refractivity contribution is -0.384. The molecule has 1 heterocycles. The molecule has 7 heteroatoms. The zero-order chi connectivity index (χ0) is 14.5. The summed E-state index contributed by atoms with van der Waals surface area (Å²) in [5, 5.41) is 12.9. The second-order valence-corrected chi connectivity index (χ2v) is 3.99. The molecule has 102 valence electrons. The highest BCUT2D eigenvalue weighted by atomic mass is 19.1. The van der Waals surface area contributed by atoms with Crippen LogP contribution in [0.2, 0.25) is 0 Å². The average molecular weight is 275 g/mol.